The van der Waals surface area contributed by atoms with Crippen LogP contribution in [0.5, 0.6) is 5.75 Å². The summed E-state index contributed by atoms with van der Waals surface area (Å²) < 4.78 is 30.6. The summed E-state index contributed by atoms with van der Waals surface area (Å²) in [5.41, 5.74) is 1.73. The maximum absolute atomic E-state index is 12.0. The Balaban J connectivity index is 1.85. The van der Waals surface area contributed by atoms with Crippen LogP contribution in [0.3, 0.4) is 0 Å². The van der Waals surface area contributed by atoms with Crippen LogP contribution in [0.25, 0.3) is 0 Å². The molecule has 1 aromatic heterocycles. The standard InChI is InChI=1S/C19H25N3O4S/c1-26-18-8-5-6-16(14-18)9-12-22(27(2,24)25)13-10-19(23)21-15-17-7-3-4-11-20-17/h3-8,11,14H,9-10,12-13,15H2,1-2H3,(H,21,23). The normalized spacial score (nSPS) is 11.4. The van der Waals surface area contributed by atoms with Gasteiger partial charge >= 0.3 is 0 Å². The number of carbonyl (C=O) groups is 1. The number of nitrogens with one attached hydrogen (secondary N) is 1. The van der Waals surface area contributed by atoms with Crippen LogP contribution >= 0.6 is 0 Å². The molecule has 146 valence electrons. The number of ether oxygens (including phenoxy) is 1. The number of aromatic nitrogens is 1. The van der Waals surface area contributed by atoms with Crippen molar-refractivity contribution in [2.45, 2.75) is 19.4 Å². The average Bonchev–Trinajstić information content (AvgIpc) is 2.66. The van der Waals surface area contributed by atoms with Crippen LogP contribution in [-0.4, -0.2) is 50.1 Å². The lowest BCUT2D eigenvalue weighted by molar-refractivity contribution is -0.121. The topological polar surface area (TPSA) is 88.6 Å². The van der Waals surface area contributed by atoms with Crippen molar-refractivity contribution < 1.29 is 17.9 Å². The number of hydrogen-bond acceptors (Lipinski definition) is 5. The largest absolute Gasteiger partial charge is 0.497 e. The van der Waals surface area contributed by atoms with Crippen LogP contribution in [0.2, 0.25) is 0 Å². The molecule has 1 amide bonds. The second-order valence-corrected chi connectivity index (χ2v) is 8.09. The van der Waals surface area contributed by atoms with Gasteiger partial charge in [-0.3, -0.25) is 9.78 Å². The smallest absolute Gasteiger partial charge is 0.221 e. The molecule has 0 aliphatic rings. The second kappa shape index (κ2) is 10.0. The first-order valence-corrected chi connectivity index (χ1v) is 10.5. The first kappa shape index (κ1) is 20.9. The van der Waals surface area contributed by atoms with Gasteiger partial charge < -0.3 is 10.1 Å². The molecule has 0 atom stereocenters. The Morgan fingerprint density at radius 2 is 2.00 bits per heavy atom. The highest BCUT2D eigenvalue weighted by Crippen LogP contribution is 2.14. The van der Waals surface area contributed by atoms with Gasteiger partial charge in [0.15, 0.2) is 0 Å². The molecule has 2 rings (SSSR count). The van der Waals surface area contributed by atoms with Gasteiger partial charge in [0.2, 0.25) is 15.9 Å². The lowest BCUT2D eigenvalue weighted by Gasteiger charge is -2.20. The molecular weight excluding hydrogens is 366 g/mol. The van der Waals surface area contributed by atoms with Crippen molar-refractivity contribution in [2.75, 3.05) is 26.5 Å². The van der Waals surface area contributed by atoms with Gasteiger partial charge in [-0.25, -0.2) is 12.7 Å². The summed E-state index contributed by atoms with van der Waals surface area (Å²) in [7, 11) is -1.81. The predicted molar refractivity (Wildman–Crippen MR) is 104 cm³/mol. The van der Waals surface area contributed by atoms with Gasteiger partial charge in [-0.15, -0.1) is 0 Å². The number of amides is 1. The van der Waals surface area contributed by atoms with Gasteiger partial charge in [0, 0.05) is 25.7 Å². The SMILES string of the molecule is COc1cccc(CCN(CCC(=O)NCc2ccccn2)S(C)(=O)=O)c1. The van der Waals surface area contributed by atoms with Gasteiger partial charge in [-0.2, -0.15) is 0 Å². The quantitative estimate of drug-likeness (QED) is 0.665. The number of pyridine rings is 1. The number of hydrogen-bond donors (Lipinski definition) is 1. The van der Waals surface area contributed by atoms with Crippen LogP contribution in [0.4, 0.5) is 0 Å². The molecule has 0 spiro atoms. The Bertz CT molecular complexity index is 841. The Kier molecular flexibility index (Phi) is 7.75. The highest BCUT2D eigenvalue weighted by atomic mass is 32.2. The highest BCUT2D eigenvalue weighted by molar-refractivity contribution is 7.88. The average molecular weight is 391 g/mol. The van der Waals surface area contributed by atoms with E-state index in [-0.39, 0.29) is 18.9 Å². The second-order valence-electron chi connectivity index (χ2n) is 6.11. The number of rotatable bonds is 10. The summed E-state index contributed by atoms with van der Waals surface area (Å²) in [5, 5.41) is 2.76. The molecule has 2 aromatic rings. The van der Waals surface area contributed by atoms with Crippen molar-refractivity contribution in [3.05, 3.63) is 59.9 Å². The van der Waals surface area contributed by atoms with Crippen LogP contribution in [0.1, 0.15) is 17.7 Å². The molecule has 1 heterocycles. The van der Waals surface area contributed by atoms with Crippen molar-refractivity contribution >= 4 is 15.9 Å². The van der Waals surface area contributed by atoms with E-state index in [9.17, 15) is 13.2 Å². The molecule has 0 aliphatic heterocycles. The molecule has 1 N–H and O–H groups in total. The number of nitrogens with zero attached hydrogens (tertiary/aromatic N) is 2. The van der Waals surface area contributed by atoms with Crippen LogP contribution < -0.4 is 10.1 Å². The maximum atomic E-state index is 12.0. The van der Waals surface area contributed by atoms with Gasteiger partial charge in [0.05, 0.1) is 25.6 Å². The van der Waals surface area contributed by atoms with Gasteiger partial charge in [0.25, 0.3) is 0 Å². The molecule has 0 aliphatic carbocycles. The van der Waals surface area contributed by atoms with Crippen molar-refractivity contribution in [2.24, 2.45) is 0 Å². The van der Waals surface area contributed by atoms with E-state index in [0.29, 0.717) is 19.5 Å². The third-order valence-electron chi connectivity index (χ3n) is 4.03. The van der Waals surface area contributed by atoms with Crippen molar-refractivity contribution in [3.8, 4) is 5.75 Å². The Labute approximate surface area is 160 Å². The Morgan fingerprint density at radius 3 is 2.67 bits per heavy atom. The molecule has 0 saturated heterocycles. The van der Waals surface area contributed by atoms with E-state index in [2.05, 4.69) is 10.3 Å². The fraction of sp³-hybridized carbons (Fsp3) is 0.368. The Hall–Kier alpha value is -2.45. The van der Waals surface area contributed by atoms with E-state index in [4.69, 9.17) is 4.74 Å². The maximum Gasteiger partial charge on any atom is 0.221 e. The number of sulfonamides is 1. The third-order valence-corrected chi connectivity index (χ3v) is 5.34. The van der Waals surface area contributed by atoms with E-state index < -0.39 is 10.0 Å². The summed E-state index contributed by atoms with van der Waals surface area (Å²) in [6.45, 7) is 0.763. The first-order valence-electron chi connectivity index (χ1n) is 8.63. The summed E-state index contributed by atoms with van der Waals surface area (Å²) in [6.07, 6.45) is 3.45. The number of methoxy groups -OCH3 is 1. The van der Waals surface area contributed by atoms with E-state index in [0.717, 1.165) is 23.3 Å². The fourth-order valence-electron chi connectivity index (χ4n) is 2.53. The minimum Gasteiger partial charge on any atom is -0.497 e. The minimum atomic E-state index is -3.40. The molecule has 0 saturated carbocycles. The molecule has 0 radical (unpaired) electrons. The lowest BCUT2D eigenvalue weighted by atomic mass is 10.1. The zero-order valence-electron chi connectivity index (χ0n) is 15.6. The molecule has 27 heavy (non-hydrogen) atoms. The molecule has 7 nitrogen and oxygen atoms in total. The monoisotopic (exact) mass is 391 g/mol. The molecular formula is C19H25N3O4S. The van der Waals surface area contributed by atoms with Crippen molar-refractivity contribution in [1.82, 2.24) is 14.6 Å². The summed E-state index contributed by atoms with van der Waals surface area (Å²) in [6, 6.07) is 13.0. The van der Waals surface area contributed by atoms with Crippen LogP contribution in [0, 0.1) is 0 Å². The first-order chi connectivity index (χ1) is 12.9. The van der Waals surface area contributed by atoms with Crippen LogP contribution in [0.15, 0.2) is 48.7 Å². The predicted octanol–water partition coefficient (Wildman–Crippen LogP) is 1.60. The van der Waals surface area contributed by atoms with Crippen molar-refractivity contribution in [3.63, 3.8) is 0 Å². The zero-order chi connectivity index (χ0) is 19.7. The Morgan fingerprint density at radius 1 is 1.19 bits per heavy atom. The molecule has 1 aromatic carbocycles. The van der Waals surface area contributed by atoms with Crippen LogP contribution in [-0.2, 0) is 27.8 Å². The van der Waals surface area contributed by atoms with Gasteiger partial charge in [-0.05, 0) is 36.2 Å². The molecule has 0 bridgehead atoms. The van der Waals surface area contributed by atoms with Crippen molar-refractivity contribution in [1.29, 1.82) is 0 Å². The molecule has 0 unspecified atom stereocenters. The zero-order valence-corrected chi connectivity index (χ0v) is 16.4. The summed E-state index contributed by atoms with van der Waals surface area (Å²) >= 11 is 0. The van der Waals surface area contributed by atoms with Gasteiger partial charge in [-0.1, -0.05) is 18.2 Å². The van der Waals surface area contributed by atoms with E-state index >= 15 is 0 Å². The number of carbonyl (C=O) groups excluding carboxylic acids is 1. The minimum absolute atomic E-state index is 0.0953. The fourth-order valence-corrected chi connectivity index (χ4v) is 3.38. The van der Waals surface area contributed by atoms with E-state index in [1.165, 1.54) is 4.31 Å². The number of benzene rings is 1. The lowest BCUT2D eigenvalue weighted by Crippen LogP contribution is -2.36. The highest BCUT2D eigenvalue weighted by Gasteiger charge is 2.18. The summed E-state index contributed by atoms with van der Waals surface area (Å²) in [4.78, 5) is 16.2. The van der Waals surface area contributed by atoms with Gasteiger partial charge in [0.1, 0.15) is 5.75 Å². The third kappa shape index (κ3) is 7.36. The molecule has 8 heteroatoms. The molecule has 0 fully saturated rings. The van der Waals surface area contributed by atoms with E-state index in [1.807, 2.05) is 36.4 Å². The summed E-state index contributed by atoms with van der Waals surface area (Å²) in [5.74, 6) is 0.517. The van der Waals surface area contributed by atoms with E-state index in [1.54, 1.807) is 19.4 Å².